The van der Waals surface area contributed by atoms with Crippen LogP contribution in [0.2, 0.25) is 0 Å². The van der Waals surface area contributed by atoms with E-state index < -0.39 is 11.9 Å². The molecule has 4 nitrogen and oxygen atoms in total. The smallest absolute Gasteiger partial charge is 0.308 e. The highest BCUT2D eigenvalue weighted by Crippen LogP contribution is 2.34. The molecule has 2 atom stereocenters. The average Bonchev–Trinajstić information content (AvgIpc) is 2.28. The fraction of sp³-hybridized carbons (Fsp3) is 0.500. The number of aliphatic carboxylic acids is 1. The van der Waals surface area contributed by atoms with Crippen molar-refractivity contribution in [3.63, 3.8) is 0 Å². The van der Waals surface area contributed by atoms with Gasteiger partial charge >= 0.3 is 5.97 Å². The van der Waals surface area contributed by atoms with E-state index in [1.807, 2.05) is 44.1 Å². The Bertz CT molecular complexity index is 429. The summed E-state index contributed by atoms with van der Waals surface area (Å²) < 4.78 is 5.34. The van der Waals surface area contributed by atoms with Gasteiger partial charge in [-0.2, -0.15) is 0 Å². The summed E-state index contributed by atoms with van der Waals surface area (Å²) in [6.07, 6.45) is 0. The lowest BCUT2D eigenvalue weighted by Crippen LogP contribution is -2.30. The van der Waals surface area contributed by atoms with E-state index in [4.69, 9.17) is 4.74 Å². The van der Waals surface area contributed by atoms with E-state index in [9.17, 15) is 9.90 Å². The van der Waals surface area contributed by atoms with Gasteiger partial charge in [0.25, 0.3) is 0 Å². The fourth-order valence-electron chi connectivity index (χ4n) is 2.21. The van der Waals surface area contributed by atoms with Gasteiger partial charge in [-0.15, -0.1) is 0 Å². The number of rotatable bonds is 5. The third kappa shape index (κ3) is 3.01. The van der Waals surface area contributed by atoms with Crippen molar-refractivity contribution in [1.29, 1.82) is 0 Å². The highest BCUT2D eigenvalue weighted by molar-refractivity contribution is 5.71. The summed E-state index contributed by atoms with van der Waals surface area (Å²) >= 11 is 0. The first-order valence-electron chi connectivity index (χ1n) is 5.92. The first-order valence-corrected chi connectivity index (χ1v) is 5.92. The van der Waals surface area contributed by atoms with Crippen molar-refractivity contribution in [1.82, 2.24) is 4.90 Å². The molecule has 1 aromatic rings. The van der Waals surface area contributed by atoms with Gasteiger partial charge in [0.05, 0.1) is 19.1 Å². The zero-order chi connectivity index (χ0) is 13.9. The largest absolute Gasteiger partial charge is 0.496 e. The molecular weight excluding hydrogens is 230 g/mol. The van der Waals surface area contributed by atoms with Crippen LogP contribution in [0, 0.1) is 12.8 Å². The van der Waals surface area contributed by atoms with Crippen LogP contribution in [0.4, 0.5) is 0 Å². The quantitative estimate of drug-likeness (QED) is 0.872. The Morgan fingerprint density at radius 2 is 2.00 bits per heavy atom. The lowest BCUT2D eigenvalue weighted by Gasteiger charge is -2.29. The fourth-order valence-corrected chi connectivity index (χ4v) is 2.21. The summed E-state index contributed by atoms with van der Waals surface area (Å²) in [5, 5.41) is 9.23. The predicted octanol–water partition coefficient (Wildman–Crippen LogP) is 2.33. The molecule has 0 saturated carbocycles. The molecule has 0 aliphatic carbocycles. The Kier molecular flexibility index (Phi) is 4.73. The molecule has 100 valence electrons. The molecule has 0 fully saturated rings. The molecule has 0 amide bonds. The van der Waals surface area contributed by atoms with Crippen LogP contribution in [0.1, 0.15) is 24.1 Å². The van der Waals surface area contributed by atoms with Gasteiger partial charge in [0.15, 0.2) is 0 Å². The summed E-state index contributed by atoms with van der Waals surface area (Å²) in [5.74, 6) is -0.583. The summed E-state index contributed by atoms with van der Waals surface area (Å²) in [5.41, 5.74) is 2.01. The molecule has 0 saturated heterocycles. The topological polar surface area (TPSA) is 49.8 Å². The van der Waals surface area contributed by atoms with E-state index in [1.54, 1.807) is 14.0 Å². The number of methoxy groups -OCH3 is 1. The molecule has 1 aromatic carbocycles. The lowest BCUT2D eigenvalue weighted by atomic mass is 9.92. The van der Waals surface area contributed by atoms with Gasteiger partial charge in [-0.05, 0) is 27.1 Å². The van der Waals surface area contributed by atoms with Crippen molar-refractivity contribution in [2.75, 3.05) is 21.2 Å². The maximum atomic E-state index is 11.2. The van der Waals surface area contributed by atoms with Crippen molar-refractivity contribution in [2.45, 2.75) is 19.9 Å². The normalized spacial score (nSPS) is 14.3. The molecule has 0 aliphatic heterocycles. The molecule has 0 heterocycles. The van der Waals surface area contributed by atoms with Gasteiger partial charge in [-0.3, -0.25) is 4.79 Å². The Balaban J connectivity index is 3.28. The van der Waals surface area contributed by atoms with Crippen LogP contribution in [0.3, 0.4) is 0 Å². The molecule has 0 radical (unpaired) electrons. The third-order valence-corrected chi connectivity index (χ3v) is 3.12. The number of nitrogens with zero attached hydrogens (tertiary/aromatic N) is 1. The maximum absolute atomic E-state index is 11.2. The number of carbonyl (C=O) groups is 1. The average molecular weight is 251 g/mol. The minimum atomic E-state index is -0.808. The van der Waals surface area contributed by atoms with E-state index >= 15 is 0 Å². The maximum Gasteiger partial charge on any atom is 0.308 e. The van der Waals surface area contributed by atoms with Crippen LogP contribution in [0.5, 0.6) is 5.75 Å². The Hall–Kier alpha value is -1.55. The minimum absolute atomic E-state index is 0.211. The highest BCUT2D eigenvalue weighted by Gasteiger charge is 2.29. The van der Waals surface area contributed by atoms with Crippen molar-refractivity contribution >= 4 is 5.97 Å². The van der Waals surface area contributed by atoms with Gasteiger partial charge in [0.1, 0.15) is 5.75 Å². The van der Waals surface area contributed by atoms with E-state index in [2.05, 4.69) is 0 Å². The van der Waals surface area contributed by atoms with Crippen molar-refractivity contribution in [3.05, 3.63) is 29.3 Å². The second kappa shape index (κ2) is 5.87. The molecule has 0 bridgehead atoms. The van der Waals surface area contributed by atoms with Crippen LogP contribution < -0.4 is 4.74 Å². The number of carboxylic acids is 1. The Morgan fingerprint density at radius 3 is 2.44 bits per heavy atom. The lowest BCUT2D eigenvalue weighted by molar-refractivity contribution is -0.143. The zero-order valence-corrected chi connectivity index (χ0v) is 11.6. The van der Waals surface area contributed by atoms with E-state index in [1.165, 1.54) is 0 Å². The summed E-state index contributed by atoms with van der Waals surface area (Å²) in [6, 6.07) is 5.62. The van der Waals surface area contributed by atoms with Gasteiger partial charge in [-0.1, -0.05) is 24.6 Å². The molecule has 1 rings (SSSR count). The second-order valence-corrected chi connectivity index (χ2v) is 4.78. The van der Waals surface area contributed by atoms with E-state index in [0.717, 1.165) is 16.9 Å². The number of hydrogen-bond donors (Lipinski definition) is 1. The number of benzene rings is 1. The third-order valence-electron chi connectivity index (χ3n) is 3.12. The van der Waals surface area contributed by atoms with Crippen molar-refractivity contribution in [2.24, 2.45) is 5.92 Å². The van der Waals surface area contributed by atoms with Gasteiger partial charge in [0, 0.05) is 5.56 Å². The first kappa shape index (κ1) is 14.5. The summed E-state index contributed by atoms with van der Waals surface area (Å²) in [7, 11) is 5.37. The molecule has 2 unspecified atom stereocenters. The number of ether oxygens (including phenoxy) is 1. The van der Waals surface area contributed by atoms with E-state index in [0.29, 0.717) is 0 Å². The molecular formula is C14H21NO3. The zero-order valence-electron chi connectivity index (χ0n) is 11.6. The summed E-state index contributed by atoms with van der Waals surface area (Å²) in [6.45, 7) is 3.70. The van der Waals surface area contributed by atoms with Crippen LogP contribution in [-0.4, -0.2) is 37.2 Å². The molecule has 0 aliphatic rings. The van der Waals surface area contributed by atoms with Crippen LogP contribution in [-0.2, 0) is 4.79 Å². The van der Waals surface area contributed by atoms with Crippen LogP contribution >= 0.6 is 0 Å². The number of aryl methyl sites for hydroxylation is 1. The number of carboxylic acid groups (broad SMARTS) is 1. The molecule has 0 spiro atoms. The van der Waals surface area contributed by atoms with E-state index in [-0.39, 0.29) is 6.04 Å². The van der Waals surface area contributed by atoms with Crippen LogP contribution in [0.25, 0.3) is 0 Å². The molecule has 4 heteroatoms. The second-order valence-electron chi connectivity index (χ2n) is 4.78. The predicted molar refractivity (Wildman–Crippen MR) is 71.0 cm³/mol. The number of hydrogen-bond acceptors (Lipinski definition) is 3. The standard InChI is InChI=1S/C14H21NO3/c1-9-6-7-12(18-5)11(8-9)13(15(3)4)10(2)14(16)17/h6-8,10,13H,1-5H3,(H,16,17). The summed E-state index contributed by atoms with van der Waals surface area (Å²) in [4.78, 5) is 13.1. The van der Waals surface area contributed by atoms with Gasteiger partial charge in [0.2, 0.25) is 0 Å². The Labute approximate surface area is 108 Å². The van der Waals surface area contributed by atoms with Crippen LogP contribution in [0.15, 0.2) is 18.2 Å². The monoisotopic (exact) mass is 251 g/mol. The Morgan fingerprint density at radius 1 is 1.39 bits per heavy atom. The minimum Gasteiger partial charge on any atom is -0.496 e. The van der Waals surface area contributed by atoms with Gasteiger partial charge < -0.3 is 14.7 Å². The SMILES string of the molecule is COc1ccc(C)cc1C(C(C)C(=O)O)N(C)C. The molecule has 0 aromatic heterocycles. The van der Waals surface area contributed by atoms with Crippen molar-refractivity contribution < 1.29 is 14.6 Å². The molecule has 1 N–H and O–H groups in total. The van der Waals surface area contributed by atoms with Crippen molar-refractivity contribution in [3.8, 4) is 5.75 Å². The molecule has 18 heavy (non-hydrogen) atoms. The van der Waals surface area contributed by atoms with Gasteiger partial charge in [-0.25, -0.2) is 0 Å². The highest BCUT2D eigenvalue weighted by atomic mass is 16.5. The first-order chi connectivity index (χ1) is 8.38.